The highest BCUT2D eigenvalue weighted by Crippen LogP contribution is 2.26. The molecule has 1 aromatic carbocycles. The van der Waals surface area contributed by atoms with Crippen LogP contribution < -0.4 is 10.1 Å². The predicted octanol–water partition coefficient (Wildman–Crippen LogP) is 3.61. The van der Waals surface area contributed by atoms with E-state index in [0.717, 1.165) is 12.3 Å². The first-order valence-corrected chi connectivity index (χ1v) is 8.27. The van der Waals surface area contributed by atoms with Crippen LogP contribution in [-0.4, -0.2) is 37.2 Å². The number of rotatable bonds is 5. The van der Waals surface area contributed by atoms with E-state index in [0.29, 0.717) is 12.1 Å². The quantitative estimate of drug-likeness (QED) is 0.896. The van der Waals surface area contributed by atoms with Crippen molar-refractivity contribution in [3.8, 4) is 5.75 Å². The number of ether oxygens (including phenoxy) is 1. The Morgan fingerprint density at radius 1 is 1.10 bits per heavy atom. The van der Waals surface area contributed by atoms with Crippen molar-refractivity contribution in [2.24, 2.45) is 0 Å². The van der Waals surface area contributed by atoms with Gasteiger partial charge in [0, 0.05) is 12.1 Å². The maximum atomic E-state index is 5.72. The highest BCUT2D eigenvalue weighted by molar-refractivity contribution is 5.29. The topological polar surface area (TPSA) is 24.5 Å². The van der Waals surface area contributed by atoms with Gasteiger partial charge in [-0.2, -0.15) is 0 Å². The van der Waals surface area contributed by atoms with Gasteiger partial charge in [-0.15, -0.1) is 0 Å². The van der Waals surface area contributed by atoms with Crippen LogP contribution in [-0.2, 0) is 0 Å². The van der Waals surface area contributed by atoms with Crippen molar-refractivity contribution in [3.05, 3.63) is 29.8 Å². The molecule has 118 valence electrons. The summed E-state index contributed by atoms with van der Waals surface area (Å²) in [4.78, 5) is 2.53. The lowest BCUT2D eigenvalue weighted by Gasteiger charge is -2.33. The van der Waals surface area contributed by atoms with Gasteiger partial charge in [0.25, 0.3) is 0 Å². The summed E-state index contributed by atoms with van der Waals surface area (Å²) in [5.74, 6) is 0.960. The molecule has 2 rings (SSSR count). The third-order valence-electron chi connectivity index (χ3n) is 4.47. The molecular formula is C18H30N2O. The van der Waals surface area contributed by atoms with Crippen molar-refractivity contribution in [2.75, 3.05) is 20.1 Å². The van der Waals surface area contributed by atoms with E-state index in [2.05, 4.69) is 62.3 Å². The van der Waals surface area contributed by atoms with Crippen LogP contribution in [0.25, 0.3) is 0 Å². The third-order valence-corrected chi connectivity index (χ3v) is 4.47. The molecule has 21 heavy (non-hydrogen) atoms. The highest BCUT2D eigenvalue weighted by Gasteiger charge is 2.21. The fourth-order valence-electron chi connectivity index (χ4n) is 3.06. The first-order chi connectivity index (χ1) is 10.1. The van der Waals surface area contributed by atoms with E-state index in [1.165, 1.54) is 31.4 Å². The van der Waals surface area contributed by atoms with Gasteiger partial charge in [0.1, 0.15) is 5.75 Å². The molecule has 1 aromatic rings. The number of hydrogen-bond acceptors (Lipinski definition) is 3. The lowest BCUT2D eigenvalue weighted by atomic mass is 10.0. The van der Waals surface area contributed by atoms with Crippen LogP contribution in [0.15, 0.2) is 24.3 Å². The minimum absolute atomic E-state index is 0.231. The minimum Gasteiger partial charge on any atom is -0.491 e. The van der Waals surface area contributed by atoms with Crippen molar-refractivity contribution >= 4 is 0 Å². The van der Waals surface area contributed by atoms with Crippen molar-refractivity contribution in [3.63, 3.8) is 0 Å². The van der Waals surface area contributed by atoms with Crippen LogP contribution in [0.2, 0.25) is 0 Å². The highest BCUT2D eigenvalue weighted by atomic mass is 16.5. The predicted molar refractivity (Wildman–Crippen MR) is 88.9 cm³/mol. The second-order valence-electron chi connectivity index (χ2n) is 6.41. The lowest BCUT2D eigenvalue weighted by molar-refractivity contribution is 0.171. The molecule has 1 aliphatic rings. The maximum absolute atomic E-state index is 5.72. The monoisotopic (exact) mass is 290 g/mol. The van der Waals surface area contributed by atoms with Gasteiger partial charge in [-0.05, 0) is 77.9 Å². The van der Waals surface area contributed by atoms with Crippen LogP contribution in [0.1, 0.15) is 51.6 Å². The zero-order valence-corrected chi connectivity index (χ0v) is 13.9. The molecule has 0 saturated carbocycles. The van der Waals surface area contributed by atoms with Crippen molar-refractivity contribution < 1.29 is 4.74 Å². The van der Waals surface area contributed by atoms with Crippen molar-refractivity contribution in [1.29, 1.82) is 0 Å². The molecule has 0 amide bonds. The summed E-state index contributed by atoms with van der Waals surface area (Å²) in [6, 6.07) is 9.72. The lowest BCUT2D eigenvalue weighted by Crippen LogP contribution is -2.34. The van der Waals surface area contributed by atoms with Gasteiger partial charge in [0.15, 0.2) is 0 Å². The Morgan fingerprint density at radius 2 is 1.81 bits per heavy atom. The molecule has 1 aliphatic heterocycles. The number of hydrogen-bond donors (Lipinski definition) is 1. The van der Waals surface area contributed by atoms with Crippen LogP contribution in [0, 0.1) is 0 Å². The summed E-state index contributed by atoms with van der Waals surface area (Å²) in [5, 5.41) is 3.49. The van der Waals surface area contributed by atoms with Gasteiger partial charge in [0.2, 0.25) is 0 Å². The normalized spacial score (nSPS) is 21.3. The minimum atomic E-state index is 0.231. The molecule has 1 heterocycles. The first kappa shape index (κ1) is 16.3. The molecule has 0 bridgehead atoms. The molecule has 1 saturated heterocycles. The fraction of sp³-hybridized carbons (Fsp3) is 0.667. The molecule has 0 spiro atoms. The summed E-state index contributed by atoms with van der Waals surface area (Å²) in [5.41, 5.74) is 1.37. The molecule has 0 radical (unpaired) electrons. The summed E-state index contributed by atoms with van der Waals surface area (Å²) in [7, 11) is 2.26. The molecule has 0 aliphatic carbocycles. The van der Waals surface area contributed by atoms with Gasteiger partial charge in [-0.25, -0.2) is 0 Å². The average molecular weight is 290 g/mol. The zero-order chi connectivity index (χ0) is 15.2. The Balaban J connectivity index is 1.99. The molecule has 2 unspecified atom stereocenters. The van der Waals surface area contributed by atoms with Gasteiger partial charge in [-0.1, -0.05) is 12.1 Å². The number of benzene rings is 1. The standard InChI is InChI=1S/C18H30N2O/c1-14(2)21-18-9-7-16(8-10-18)15(3)20(4)17-6-5-12-19-13-11-17/h7-10,14-15,17,19H,5-6,11-13H2,1-4H3. The van der Waals surface area contributed by atoms with Crippen molar-refractivity contribution in [2.45, 2.75) is 58.2 Å². The van der Waals surface area contributed by atoms with E-state index >= 15 is 0 Å². The van der Waals surface area contributed by atoms with Gasteiger partial charge < -0.3 is 10.1 Å². The van der Waals surface area contributed by atoms with Crippen LogP contribution in [0.5, 0.6) is 5.75 Å². The van der Waals surface area contributed by atoms with Gasteiger partial charge in [0.05, 0.1) is 6.10 Å². The fourth-order valence-corrected chi connectivity index (χ4v) is 3.06. The molecule has 1 fully saturated rings. The molecule has 3 heteroatoms. The Bertz CT molecular complexity index is 408. The van der Waals surface area contributed by atoms with E-state index in [9.17, 15) is 0 Å². The van der Waals surface area contributed by atoms with E-state index in [1.807, 2.05) is 0 Å². The van der Waals surface area contributed by atoms with E-state index in [1.54, 1.807) is 0 Å². The first-order valence-electron chi connectivity index (χ1n) is 8.27. The maximum Gasteiger partial charge on any atom is 0.119 e. The van der Waals surface area contributed by atoms with E-state index in [4.69, 9.17) is 4.74 Å². The zero-order valence-electron chi connectivity index (χ0n) is 13.9. The van der Waals surface area contributed by atoms with Crippen LogP contribution in [0.4, 0.5) is 0 Å². The Hall–Kier alpha value is -1.06. The van der Waals surface area contributed by atoms with Gasteiger partial charge in [-0.3, -0.25) is 4.90 Å². The van der Waals surface area contributed by atoms with Crippen molar-refractivity contribution in [1.82, 2.24) is 10.2 Å². The smallest absolute Gasteiger partial charge is 0.119 e. The molecule has 3 nitrogen and oxygen atoms in total. The third kappa shape index (κ3) is 4.72. The largest absolute Gasteiger partial charge is 0.491 e. The summed E-state index contributed by atoms with van der Waals surface area (Å²) in [6.07, 6.45) is 4.05. The second kappa shape index (κ2) is 7.81. The summed E-state index contributed by atoms with van der Waals surface area (Å²) < 4.78 is 5.72. The number of nitrogens with zero attached hydrogens (tertiary/aromatic N) is 1. The SMILES string of the molecule is CC(C)Oc1ccc(C(C)N(C)C2CCCNCC2)cc1. The molecule has 2 atom stereocenters. The second-order valence-corrected chi connectivity index (χ2v) is 6.41. The molecule has 1 N–H and O–H groups in total. The van der Waals surface area contributed by atoms with Gasteiger partial charge >= 0.3 is 0 Å². The molecular weight excluding hydrogens is 260 g/mol. The molecule has 0 aromatic heterocycles. The summed E-state index contributed by atoms with van der Waals surface area (Å²) >= 11 is 0. The van der Waals surface area contributed by atoms with E-state index < -0.39 is 0 Å². The number of nitrogens with one attached hydrogen (secondary N) is 1. The van der Waals surface area contributed by atoms with Crippen LogP contribution in [0.3, 0.4) is 0 Å². The Labute approximate surface area is 129 Å². The van der Waals surface area contributed by atoms with E-state index in [-0.39, 0.29) is 6.10 Å². The summed E-state index contributed by atoms with van der Waals surface area (Å²) in [6.45, 7) is 8.73. The Kier molecular flexibility index (Phi) is 6.07. The average Bonchev–Trinajstić information content (AvgIpc) is 2.75. The Morgan fingerprint density at radius 3 is 2.48 bits per heavy atom. The van der Waals surface area contributed by atoms with Crippen LogP contribution >= 0.6 is 0 Å².